The lowest BCUT2D eigenvalue weighted by atomic mass is 10.1. The monoisotopic (exact) mass is 389 g/mol. The third kappa shape index (κ3) is 5.18. The van der Waals surface area contributed by atoms with Crippen molar-refractivity contribution >= 4 is 17.6 Å². The van der Waals surface area contributed by atoms with Crippen molar-refractivity contribution in [3.63, 3.8) is 0 Å². The lowest BCUT2D eigenvalue weighted by molar-refractivity contribution is -0.0501. The van der Waals surface area contributed by atoms with Gasteiger partial charge in [0.1, 0.15) is 5.75 Å². The molecule has 1 fully saturated rings. The highest BCUT2D eigenvalue weighted by molar-refractivity contribution is 5.96. The minimum Gasteiger partial charge on any atom is -0.434 e. The molecule has 0 saturated carbocycles. The van der Waals surface area contributed by atoms with Crippen LogP contribution in [0.2, 0.25) is 0 Å². The van der Waals surface area contributed by atoms with Gasteiger partial charge < -0.3 is 20.3 Å². The van der Waals surface area contributed by atoms with E-state index in [2.05, 4.69) is 15.4 Å². The molecular weight excluding hydrogens is 368 g/mol. The van der Waals surface area contributed by atoms with Crippen LogP contribution in [-0.2, 0) is 6.54 Å². The molecular formula is C20H21F2N3O3. The molecule has 0 bridgehead atoms. The number of nitrogens with zero attached hydrogens (tertiary/aromatic N) is 1. The molecule has 0 atom stereocenters. The van der Waals surface area contributed by atoms with Crippen molar-refractivity contribution in [2.75, 3.05) is 18.4 Å². The standard InChI is InChI=1S/C20H21F2N3O3/c21-19(22)28-17-9-2-1-8-16(17)18(26)23-13-14-6-5-7-15(12-14)24-20(27)25-10-3-4-11-25/h1-2,5-9,12,19H,3-4,10-11,13H2,(H,23,26)(H,24,27). The molecule has 148 valence electrons. The Bertz CT molecular complexity index is 839. The van der Waals surface area contributed by atoms with E-state index in [0.717, 1.165) is 31.5 Å². The number of anilines is 1. The van der Waals surface area contributed by atoms with Crippen molar-refractivity contribution in [2.24, 2.45) is 0 Å². The number of para-hydroxylation sites is 1. The zero-order valence-electron chi connectivity index (χ0n) is 15.2. The lowest BCUT2D eigenvalue weighted by Crippen LogP contribution is -2.32. The van der Waals surface area contributed by atoms with Crippen molar-refractivity contribution in [3.05, 3.63) is 59.7 Å². The first-order chi connectivity index (χ1) is 13.5. The van der Waals surface area contributed by atoms with Crippen LogP contribution in [0.1, 0.15) is 28.8 Å². The molecule has 8 heteroatoms. The summed E-state index contributed by atoms with van der Waals surface area (Å²) in [4.78, 5) is 26.3. The number of benzene rings is 2. The fraction of sp³-hybridized carbons (Fsp3) is 0.300. The van der Waals surface area contributed by atoms with Crippen molar-refractivity contribution in [3.8, 4) is 5.75 Å². The summed E-state index contributed by atoms with van der Waals surface area (Å²) in [6.45, 7) is -1.33. The van der Waals surface area contributed by atoms with Crippen LogP contribution < -0.4 is 15.4 Å². The molecule has 2 aromatic rings. The summed E-state index contributed by atoms with van der Waals surface area (Å²) in [7, 11) is 0. The molecule has 28 heavy (non-hydrogen) atoms. The van der Waals surface area contributed by atoms with E-state index in [9.17, 15) is 18.4 Å². The Morgan fingerprint density at radius 1 is 1.07 bits per heavy atom. The maximum Gasteiger partial charge on any atom is 0.387 e. The topological polar surface area (TPSA) is 70.7 Å². The Morgan fingerprint density at radius 3 is 2.57 bits per heavy atom. The fourth-order valence-corrected chi connectivity index (χ4v) is 3.01. The summed E-state index contributed by atoms with van der Waals surface area (Å²) in [6.07, 6.45) is 2.02. The third-order valence-corrected chi connectivity index (χ3v) is 4.37. The van der Waals surface area contributed by atoms with E-state index < -0.39 is 12.5 Å². The Morgan fingerprint density at radius 2 is 1.82 bits per heavy atom. The van der Waals surface area contributed by atoms with Crippen molar-refractivity contribution < 1.29 is 23.1 Å². The van der Waals surface area contributed by atoms with Crippen molar-refractivity contribution in [1.82, 2.24) is 10.2 Å². The molecule has 6 nitrogen and oxygen atoms in total. The van der Waals surface area contributed by atoms with Crippen LogP contribution in [0.4, 0.5) is 19.3 Å². The summed E-state index contributed by atoms with van der Waals surface area (Å²) in [5, 5.41) is 5.52. The predicted molar refractivity (Wildman–Crippen MR) is 101 cm³/mol. The molecule has 1 aliphatic rings. The maximum absolute atomic E-state index is 12.5. The fourth-order valence-electron chi connectivity index (χ4n) is 3.01. The number of carbonyl (C=O) groups excluding carboxylic acids is 2. The summed E-state index contributed by atoms with van der Waals surface area (Å²) in [6, 6.07) is 12.8. The molecule has 0 radical (unpaired) electrons. The Hall–Kier alpha value is -3.16. The highest BCUT2D eigenvalue weighted by Gasteiger charge is 2.18. The summed E-state index contributed by atoms with van der Waals surface area (Å²) < 4.78 is 29.4. The van der Waals surface area contributed by atoms with E-state index in [0.29, 0.717) is 5.69 Å². The van der Waals surface area contributed by atoms with Gasteiger partial charge >= 0.3 is 12.6 Å². The molecule has 0 aliphatic carbocycles. The van der Waals surface area contributed by atoms with Gasteiger partial charge in [-0.2, -0.15) is 8.78 Å². The average molecular weight is 389 g/mol. The number of hydrogen-bond acceptors (Lipinski definition) is 3. The number of alkyl halides is 2. The van der Waals surface area contributed by atoms with E-state index in [1.54, 1.807) is 35.2 Å². The smallest absolute Gasteiger partial charge is 0.387 e. The van der Waals surface area contributed by atoms with Crippen LogP contribution in [0.25, 0.3) is 0 Å². The van der Waals surface area contributed by atoms with Gasteiger partial charge in [-0.25, -0.2) is 4.79 Å². The summed E-state index contributed by atoms with van der Waals surface area (Å²) in [5.74, 6) is -0.704. The van der Waals surface area contributed by atoms with Crippen LogP contribution in [0.3, 0.4) is 0 Å². The van der Waals surface area contributed by atoms with Crippen LogP contribution in [0.15, 0.2) is 48.5 Å². The quantitative estimate of drug-likeness (QED) is 0.789. The van der Waals surface area contributed by atoms with Crippen LogP contribution in [0.5, 0.6) is 5.75 Å². The van der Waals surface area contributed by atoms with Gasteiger partial charge in [-0.1, -0.05) is 24.3 Å². The van der Waals surface area contributed by atoms with Gasteiger partial charge in [0.05, 0.1) is 5.56 Å². The second kappa shape index (κ2) is 9.16. The number of halogens is 2. The molecule has 0 spiro atoms. The van der Waals surface area contributed by atoms with Gasteiger partial charge in [0.25, 0.3) is 5.91 Å². The second-order valence-electron chi connectivity index (χ2n) is 6.38. The van der Waals surface area contributed by atoms with Gasteiger partial charge in [0, 0.05) is 25.3 Å². The molecule has 0 unspecified atom stereocenters. The minimum atomic E-state index is -3.01. The Kier molecular flexibility index (Phi) is 6.41. The van der Waals surface area contributed by atoms with E-state index in [4.69, 9.17) is 0 Å². The summed E-state index contributed by atoms with van der Waals surface area (Å²) >= 11 is 0. The lowest BCUT2D eigenvalue weighted by Gasteiger charge is -2.16. The van der Waals surface area contributed by atoms with Crippen molar-refractivity contribution in [1.29, 1.82) is 0 Å². The van der Waals surface area contributed by atoms with Crippen molar-refractivity contribution in [2.45, 2.75) is 26.0 Å². The highest BCUT2D eigenvalue weighted by atomic mass is 19.3. The Balaban J connectivity index is 1.60. The van der Waals surface area contributed by atoms with Gasteiger partial charge in [0.15, 0.2) is 0 Å². The Labute approximate surface area is 161 Å². The molecule has 1 saturated heterocycles. The van der Waals surface area contributed by atoms with E-state index in [1.807, 2.05) is 0 Å². The second-order valence-corrected chi connectivity index (χ2v) is 6.38. The first-order valence-corrected chi connectivity index (χ1v) is 9.00. The van der Waals surface area contributed by atoms with Crippen LogP contribution >= 0.6 is 0 Å². The van der Waals surface area contributed by atoms with Gasteiger partial charge in [-0.15, -0.1) is 0 Å². The number of likely N-dealkylation sites (tertiary alicyclic amines) is 1. The number of nitrogens with one attached hydrogen (secondary N) is 2. The van der Waals surface area contributed by atoms with E-state index in [-0.39, 0.29) is 23.9 Å². The van der Waals surface area contributed by atoms with E-state index in [1.165, 1.54) is 18.2 Å². The van der Waals surface area contributed by atoms with Crippen LogP contribution in [0, 0.1) is 0 Å². The molecule has 2 aromatic carbocycles. The normalized spacial score (nSPS) is 13.5. The molecule has 2 N–H and O–H groups in total. The highest BCUT2D eigenvalue weighted by Crippen LogP contribution is 2.20. The van der Waals surface area contributed by atoms with Crippen LogP contribution in [-0.4, -0.2) is 36.5 Å². The predicted octanol–water partition coefficient (Wildman–Crippen LogP) is 3.85. The van der Waals surface area contributed by atoms with Gasteiger partial charge in [-0.05, 0) is 42.7 Å². The number of urea groups is 1. The zero-order valence-corrected chi connectivity index (χ0v) is 15.2. The zero-order chi connectivity index (χ0) is 19.9. The molecule has 3 amide bonds. The third-order valence-electron chi connectivity index (χ3n) is 4.37. The first kappa shape index (κ1) is 19.6. The molecule has 0 aromatic heterocycles. The number of amides is 3. The SMILES string of the molecule is O=C(NCc1cccc(NC(=O)N2CCCC2)c1)c1ccccc1OC(F)F. The minimum absolute atomic E-state index is 0.0290. The summed E-state index contributed by atoms with van der Waals surface area (Å²) in [5.41, 5.74) is 1.42. The first-order valence-electron chi connectivity index (χ1n) is 9.00. The number of carbonyl (C=O) groups is 2. The number of rotatable bonds is 6. The maximum atomic E-state index is 12.5. The molecule has 1 aliphatic heterocycles. The largest absolute Gasteiger partial charge is 0.434 e. The molecule has 3 rings (SSSR count). The van der Waals surface area contributed by atoms with E-state index >= 15 is 0 Å². The average Bonchev–Trinajstić information content (AvgIpc) is 3.21. The molecule has 1 heterocycles. The number of hydrogen-bond donors (Lipinski definition) is 2. The number of ether oxygens (including phenoxy) is 1. The van der Waals surface area contributed by atoms with Gasteiger partial charge in [-0.3, -0.25) is 4.79 Å². The van der Waals surface area contributed by atoms with Gasteiger partial charge in [0.2, 0.25) is 0 Å².